The number of aryl methyl sites for hydroxylation is 3. The van der Waals surface area contributed by atoms with E-state index in [1.807, 2.05) is 45.0 Å². The molecule has 0 unspecified atom stereocenters. The zero-order valence-electron chi connectivity index (χ0n) is 16.8. The number of nitrogens with one attached hydrogen (secondary N) is 2. The van der Waals surface area contributed by atoms with E-state index in [0.29, 0.717) is 11.3 Å². The second-order valence-corrected chi connectivity index (χ2v) is 6.95. The summed E-state index contributed by atoms with van der Waals surface area (Å²) in [6.07, 6.45) is -0.995. The second-order valence-electron chi connectivity index (χ2n) is 6.95. The van der Waals surface area contributed by atoms with Crippen molar-refractivity contribution in [1.29, 1.82) is 0 Å². The summed E-state index contributed by atoms with van der Waals surface area (Å²) in [5.74, 6) is -1.48. The molecule has 0 aliphatic carbocycles. The molecule has 0 fully saturated rings. The number of hydrogen-bond donors (Lipinski definition) is 2. The van der Waals surface area contributed by atoms with Crippen LogP contribution in [0.3, 0.4) is 0 Å². The molecular formula is C22H26N2O4. The van der Waals surface area contributed by atoms with Gasteiger partial charge in [0.1, 0.15) is 6.04 Å². The van der Waals surface area contributed by atoms with Crippen molar-refractivity contribution in [2.24, 2.45) is 0 Å². The highest BCUT2D eigenvalue weighted by Crippen LogP contribution is 2.17. The number of benzene rings is 2. The van der Waals surface area contributed by atoms with Crippen LogP contribution >= 0.6 is 0 Å². The Hall–Kier alpha value is -3.15. The van der Waals surface area contributed by atoms with E-state index in [1.54, 1.807) is 18.2 Å². The molecule has 0 aliphatic heterocycles. The molecule has 148 valence electrons. The zero-order chi connectivity index (χ0) is 20.8. The topological polar surface area (TPSA) is 84.5 Å². The molecule has 6 heteroatoms. The molecule has 0 radical (unpaired) electrons. The molecule has 0 aliphatic rings. The third kappa shape index (κ3) is 5.67. The van der Waals surface area contributed by atoms with Crippen LogP contribution in [0.25, 0.3) is 0 Å². The van der Waals surface area contributed by atoms with Gasteiger partial charge in [-0.05, 0) is 63.9 Å². The normalized spacial score (nSPS) is 12.6. The van der Waals surface area contributed by atoms with Crippen LogP contribution in [-0.2, 0) is 14.3 Å². The Morgan fingerprint density at radius 2 is 1.61 bits per heavy atom. The lowest BCUT2D eigenvalue weighted by Gasteiger charge is -2.18. The minimum Gasteiger partial charge on any atom is -0.451 e. The molecule has 2 rings (SSSR count). The quantitative estimate of drug-likeness (QED) is 0.751. The summed E-state index contributed by atoms with van der Waals surface area (Å²) in [6.45, 7) is 8.70. The number of anilines is 1. The van der Waals surface area contributed by atoms with Crippen molar-refractivity contribution in [3.05, 3.63) is 64.7 Å². The number of ether oxygens (including phenoxy) is 1. The first-order valence-electron chi connectivity index (χ1n) is 9.13. The van der Waals surface area contributed by atoms with Crippen LogP contribution in [0.4, 0.5) is 5.69 Å². The second kappa shape index (κ2) is 9.17. The minimum absolute atomic E-state index is 0.374. The molecule has 0 saturated carbocycles. The molecule has 2 aromatic carbocycles. The Labute approximate surface area is 165 Å². The van der Waals surface area contributed by atoms with Crippen LogP contribution in [0.2, 0.25) is 0 Å². The van der Waals surface area contributed by atoms with Crippen molar-refractivity contribution in [3.63, 3.8) is 0 Å². The molecule has 28 heavy (non-hydrogen) atoms. The summed E-state index contributed by atoms with van der Waals surface area (Å²) in [5.41, 5.74) is 4.00. The van der Waals surface area contributed by atoms with Crippen molar-refractivity contribution in [2.75, 3.05) is 5.32 Å². The van der Waals surface area contributed by atoms with Crippen LogP contribution in [0.5, 0.6) is 0 Å². The molecular weight excluding hydrogens is 356 g/mol. The maximum Gasteiger partial charge on any atom is 0.329 e. The highest BCUT2D eigenvalue weighted by Gasteiger charge is 2.24. The lowest BCUT2D eigenvalue weighted by Crippen LogP contribution is -2.42. The SMILES string of the molecule is Cc1cccc(C(=O)N[C@@H](C)C(=O)O[C@@H](C)C(=O)Nc2cc(C)ccc2C)c1. The standard InChI is InChI=1S/C22H26N2O4/c1-13-7-6-8-18(11-13)21(26)23-16(4)22(27)28-17(5)20(25)24-19-12-14(2)9-10-15(19)3/h6-12,16-17H,1-5H3,(H,23,26)(H,24,25)/t16-,17-/m0/s1. The van der Waals surface area contributed by atoms with Gasteiger partial charge in [-0.3, -0.25) is 9.59 Å². The monoisotopic (exact) mass is 382 g/mol. The predicted octanol–water partition coefficient (Wildman–Crippen LogP) is 3.30. The fraction of sp³-hybridized carbons (Fsp3) is 0.318. The first-order chi connectivity index (χ1) is 13.2. The summed E-state index contributed by atoms with van der Waals surface area (Å²) in [6, 6.07) is 11.9. The molecule has 2 aromatic rings. The molecule has 0 spiro atoms. The van der Waals surface area contributed by atoms with Crippen LogP contribution < -0.4 is 10.6 Å². The largest absolute Gasteiger partial charge is 0.451 e. The Morgan fingerprint density at radius 1 is 0.929 bits per heavy atom. The van der Waals surface area contributed by atoms with Crippen LogP contribution in [0.1, 0.15) is 40.9 Å². The van der Waals surface area contributed by atoms with E-state index in [1.165, 1.54) is 13.8 Å². The summed E-state index contributed by atoms with van der Waals surface area (Å²) in [4.78, 5) is 36.8. The van der Waals surface area contributed by atoms with E-state index < -0.39 is 24.0 Å². The number of hydrogen-bond acceptors (Lipinski definition) is 4. The van der Waals surface area contributed by atoms with E-state index in [9.17, 15) is 14.4 Å². The minimum atomic E-state index is -0.995. The Bertz CT molecular complexity index is 892. The molecule has 0 aromatic heterocycles. The van der Waals surface area contributed by atoms with Crippen molar-refractivity contribution in [3.8, 4) is 0 Å². The van der Waals surface area contributed by atoms with Gasteiger partial charge in [-0.25, -0.2) is 4.79 Å². The molecule has 2 atom stereocenters. The summed E-state index contributed by atoms with van der Waals surface area (Å²) >= 11 is 0. The first kappa shape index (κ1) is 21.2. The number of esters is 1. The van der Waals surface area contributed by atoms with Gasteiger partial charge in [-0.1, -0.05) is 29.8 Å². The lowest BCUT2D eigenvalue weighted by molar-refractivity contribution is -0.154. The highest BCUT2D eigenvalue weighted by atomic mass is 16.5. The van der Waals surface area contributed by atoms with E-state index in [2.05, 4.69) is 10.6 Å². The van der Waals surface area contributed by atoms with E-state index in [4.69, 9.17) is 4.74 Å². The average Bonchev–Trinajstić information content (AvgIpc) is 2.64. The van der Waals surface area contributed by atoms with E-state index in [0.717, 1.165) is 16.7 Å². The third-order valence-electron chi connectivity index (χ3n) is 4.29. The van der Waals surface area contributed by atoms with E-state index >= 15 is 0 Å². The van der Waals surface area contributed by atoms with Gasteiger partial charge >= 0.3 is 5.97 Å². The van der Waals surface area contributed by atoms with Gasteiger partial charge in [0.15, 0.2) is 6.10 Å². The summed E-state index contributed by atoms with van der Waals surface area (Å²) in [5, 5.41) is 5.35. The number of carbonyl (C=O) groups excluding carboxylic acids is 3. The average molecular weight is 382 g/mol. The Kier molecular flexibility index (Phi) is 6.93. The molecule has 2 amide bonds. The maximum atomic E-state index is 12.3. The van der Waals surface area contributed by atoms with Gasteiger partial charge in [-0.2, -0.15) is 0 Å². The van der Waals surface area contributed by atoms with Gasteiger partial charge in [0, 0.05) is 11.3 Å². The van der Waals surface area contributed by atoms with Gasteiger partial charge < -0.3 is 15.4 Å². The Morgan fingerprint density at radius 3 is 2.29 bits per heavy atom. The van der Waals surface area contributed by atoms with Crippen LogP contribution in [0.15, 0.2) is 42.5 Å². The van der Waals surface area contributed by atoms with Gasteiger partial charge in [0.05, 0.1) is 0 Å². The first-order valence-corrected chi connectivity index (χ1v) is 9.13. The molecule has 0 saturated heterocycles. The van der Waals surface area contributed by atoms with Gasteiger partial charge in [0.25, 0.3) is 11.8 Å². The zero-order valence-corrected chi connectivity index (χ0v) is 16.8. The maximum absolute atomic E-state index is 12.3. The molecule has 6 nitrogen and oxygen atoms in total. The fourth-order valence-electron chi connectivity index (χ4n) is 2.56. The fourth-order valence-corrected chi connectivity index (χ4v) is 2.56. The van der Waals surface area contributed by atoms with Crippen molar-refractivity contribution >= 4 is 23.5 Å². The van der Waals surface area contributed by atoms with Crippen molar-refractivity contribution in [1.82, 2.24) is 5.32 Å². The number of amides is 2. The van der Waals surface area contributed by atoms with Crippen molar-refractivity contribution < 1.29 is 19.1 Å². The van der Waals surface area contributed by atoms with Crippen LogP contribution in [0, 0.1) is 20.8 Å². The molecule has 2 N–H and O–H groups in total. The molecule has 0 heterocycles. The predicted molar refractivity (Wildman–Crippen MR) is 108 cm³/mol. The Balaban J connectivity index is 1.92. The third-order valence-corrected chi connectivity index (χ3v) is 4.29. The highest BCUT2D eigenvalue weighted by molar-refractivity contribution is 5.98. The number of carbonyl (C=O) groups is 3. The van der Waals surface area contributed by atoms with Crippen molar-refractivity contribution in [2.45, 2.75) is 46.8 Å². The summed E-state index contributed by atoms with van der Waals surface area (Å²) < 4.78 is 5.21. The van der Waals surface area contributed by atoms with Crippen LogP contribution in [-0.4, -0.2) is 29.9 Å². The summed E-state index contributed by atoms with van der Waals surface area (Å²) in [7, 11) is 0. The van der Waals surface area contributed by atoms with Gasteiger partial charge in [-0.15, -0.1) is 0 Å². The lowest BCUT2D eigenvalue weighted by atomic mass is 10.1. The number of rotatable bonds is 6. The molecule has 0 bridgehead atoms. The smallest absolute Gasteiger partial charge is 0.329 e. The van der Waals surface area contributed by atoms with E-state index in [-0.39, 0.29) is 5.91 Å². The van der Waals surface area contributed by atoms with Gasteiger partial charge in [0.2, 0.25) is 0 Å².